The Hall–Kier alpha value is -1.82. The van der Waals surface area contributed by atoms with Crippen LogP contribution >= 0.6 is 0 Å². The number of hydrogen-bond donors (Lipinski definition) is 1. The van der Waals surface area contributed by atoms with E-state index in [2.05, 4.69) is 0 Å². The summed E-state index contributed by atoms with van der Waals surface area (Å²) < 4.78 is 11.8. The number of hydrogen-bond acceptors (Lipinski definition) is 4. The van der Waals surface area contributed by atoms with Crippen LogP contribution < -0.4 is 10.2 Å². The normalized spacial score (nSPS) is 16.5. The van der Waals surface area contributed by atoms with Gasteiger partial charge in [-0.1, -0.05) is 0 Å². The lowest BCUT2D eigenvalue weighted by atomic mass is 10.1. The number of carboxylic acid groups (broad SMARTS) is 1. The van der Waals surface area contributed by atoms with E-state index < -0.39 is 11.4 Å². The van der Waals surface area contributed by atoms with Gasteiger partial charge in [0.2, 0.25) is 5.43 Å². The molecule has 1 fully saturated rings. The molecule has 1 N–H and O–H groups in total. The van der Waals surface area contributed by atoms with Gasteiger partial charge in [-0.25, -0.2) is 4.79 Å². The Balaban J connectivity index is 2.48. The van der Waals surface area contributed by atoms with Crippen LogP contribution in [-0.4, -0.2) is 36.0 Å². The molecule has 0 unspecified atom stereocenters. The fourth-order valence-corrected chi connectivity index (χ4v) is 2.12. The van der Waals surface area contributed by atoms with Crippen molar-refractivity contribution < 1.29 is 19.4 Å². The van der Waals surface area contributed by atoms with E-state index in [0.29, 0.717) is 13.2 Å². The highest BCUT2D eigenvalue weighted by Gasteiger charge is 2.21. The molecule has 0 radical (unpaired) electrons. The number of carbonyl (C=O) groups is 1. The zero-order valence-corrected chi connectivity index (χ0v) is 10.1. The molecule has 0 aliphatic carbocycles. The third-order valence-corrected chi connectivity index (χ3v) is 3.07. The highest BCUT2D eigenvalue weighted by atomic mass is 16.5. The molecule has 2 heterocycles. The van der Waals surface area contributed by atoms with Gasteiger partial charge in [0, 0.05) is 25.3 Å². The van der Waals surface area contributed by atoms with Crippen LogP contribution in [0.15, 0.2) is 17.1 Å². The number of aromatic nitrogens is 1. The first-order valence-electron chi connectivity index (χ1n) is 5.74. The van der Waals surface area contributed by atoms with Crippen LogP contribution in [-0.2, 0) is 4.74 Å². The number of ether oxygens (including phenoxy) is 2. The molecule has 98 valence electrons. The summed E-state index contributed by atoms with van der Waals surface area (Å²) in [5, 5.41) is 9.15. The van der Waals surface area contributed by atoms with Crippen molar-refractivity contribution in [1.82, 2.24) is 4.57 Å². The largest absolute Gasteiger partial charge is 0.491 e. The Morgan fingerprint density at radius 2 is 2.17 bits per heavy atom. The molecule has 1 aromatic heterocycles. The number of carboxylic acids is 1. The Morgan fingerprint density at radius 3 is 2.72 bits per heavy atom. The molecule has 1 aliphatic heterocycles. The van der Waals surface area contributed by atoms with Gasteiger partial charge in [0.15, 0.2) is 5.75 Å². The molecule has 6 heteroatoms. The fourth-order valence-electron chi connectivity index (χ4n) is 2.12. The summed E-state index contributed by atoms with van der Waals surface area (Å²) in [5.74, 6) is -0.951. The summed E-state index contributed by atoms with van der Waals surface area (Å²) in [5.41, 5.74) is -0.425. The molecule has 0 saturated carbocycles. The molecular weight excluding hydrogens is 238 g/mol. The molecular formula is C12H15NO5. The van der Waals surface area contributed by atoms with Crippen LogP contribution in [0.2, 0.25) is 0 Å². The topological polar surface area (TPSA) is 77.8 Å². The summed E-state index contributed by atoms with van der Waals surface area (Å²) in [6.45, 7) is 1.19. The number of pyridine rings is 1. The van der Waals surface area contributed by atoms with Crippen LogP contribution in [0.25, 0.3) is 0 Å². The first-order valence-corrected chi connectivity index (χ1v) is 5.74. The molecule has 0 bridgehead atoms. The lowest BCUT2D eigenvalue weighted by Gasteiger charge is -2.26. The Labute approximate surface area is 104 Å². The van der Waals surface area contributed by atoms with Gasteiger partial charge < -0.3 is 19.1 Å². The molecule has 0 amide bonds. The van der Waals surface area contributed by atoms with Crippen molar-refractivity contribution in [2.75, 3.05) is 20.3 Å². The SMILES string of the molecule is COc1cn(C2CCOCC2)c(C(=O)O)cc1=O. The predicted octanol–water partition coefficient (Wildman–Crippen LogP) is 0.907. The van der Waals surface area contributed by atoms with Crippen molar-refractivity contribution in [3.05, 3.63) is 28.2 Å². The molecule has 0 spiro atoms. The van der Waals surface area contributed by atoms with Crippen molar-refractivity contribution in [2.24, 2.45) is 0 Å². The maximum absolute atomic E-state index is 11.6. The van der Waals surface area contributed by atoms with Gasteiger partial charge >= 0.3 is 5.97 Å². The van der Waals surface area contributed by atoms with Gasteiger partial charge in [0.05, 0.1) is 13.3 Å². The van der Waals surface area contributed by atoms with Crippen LogP contribution in [0.1, 0.15) is 29.4 Å². The molecule has 6 nitrogen and oxygen atoms in total. The smallest absolute Gasteiger partial charge is 0.352 e. The fraction of sp³-hybridized carbons (Fsp3) is 0.500. The minimum absolute atomic E-state index is 0.00676. The van der Waals surface area contributed by atoms with Crippen LogP contribution in [0, 0.1) is 0 Å². The van der Waals surface area contributed by atoms with Crippen LogP contribution in [0.3, 0.4) is 0 Å². The van der Waals surface area contributed by atoms with Gasteiger partial charge in [-0.2, -0.15) is 0 Å². The second-order valence-corrected chi connectivity index (χ2v) is 4.15. The summed E-state index contributed by atoms with van der Waals surface area (Å²) in [6, 6.07) is 1.13. The van der Waals surface area contributed by atoms with Crippen molar-refractivity contribution in [3.8, 4) is 5.75 Å². The average Bonchev–Trinajstić information content (AvgIpc) is 2.39. The van der Waals surface area contributed by atoms with Crippen molar-refractivity contribution in [2.45, 2.75) is 18.9 Å². The second kappa shape index (κ2) is 5.22. The summed E-state index contributed by atoms with van der Waals surface area (Å²) >= 11 is 0. The molecule has 0 atom stereocenters. The minimum Gasteiger partial charge on any atom is -0.491 e. The van der Waals surface area contributed by atoms with Crippen LogP contribution in [0.4, 0.5) is 0 Å². The third kappa shape index (κ3) is 2.38. The van der Waals surface area contributed by atoms with Crippen LogP contribution in [0.5, 0.6) is 5.75 Å². The molecule has 1 aromatic rings. The van der Waals surface area contributed by atoms with E-state index in [9.17, 15) is 9.59 Å². The average molecular weight is 253 g/mol. The van der Waals surface area contributed by atoms with Gasteiger partial charge in [0.1, 0.15) is 5.69 Å². The highest BCUT2D eigenvalue weighted by molar-refractivity contribution is 5.85. The molecule has 18 heavy (non-hydrogen) atoms. The number of rotatable bonds is 3. The third-order valence-electron chi connectivity index (χ3n) is 3.07. The van der Waals surface area contributed by atoms with Crippen molar-refractivity contribution >= 4 is 5.97 Å². The summed E-state index contributed by atoms with van der Waals surface area (Å²) in [6.07, 6.45) is 2.93. The highest BCUT2D eigenvalue weighted by Crippen LogP contribution is 2.23. The van der Waals surface area contributed by atoms with E-state index in [1.165, 1.54) is 13.3 Å². The monoisotopic (exact) mass is 253 g/mol. The lowest BCUT2D eigenvalue weighted by molar-refractivity contribution is 0.0603. The predicted molar refractivity (Wildman–Crippen MR) is 63.3 cm³/mol. The van der Waals surface area contributed by atoms with Gasteiger partial charge in [-0.3, -0.25) is 4.79 Å². The van der Waals surface area contributed by atoms with E-state index in [4.69, 9.17) is 14.6 Å². The Morgan fingerprint density at radius 1 is 1.50 bits per heavy atom. The quantitative estimate of drug-likeness (QED) is 0.866. The van der Waals surface area contributed by atoms with E-state index >= 15 is 0 Å². The number of methoxy groups -OCH3 is 1. The zero-order chi connectivity index (χ0) is 13.1. The van der Waals surface area contributed by atoms with E-state index in [1.807, 2.05) is 0 Å². The summed E-state index contributed by atoms with van der Waals surface area (Å²) in [7, 11) is 1.39. The maximum Gasteiger partial charge on any atom is 0.352 e. The standard InChI is InChI=1S/C12H15NO5/c1-17-11-7-13(8-2-4-18-5-3-8)9(12(15)16)6-10(11)14/h6-8H,2-5H2,1H3,(H,15,16). The van der Waals surface area contributed by atoms with E-state index in [1.54, 1.807) is 4.57 Å². The molecule has 2 rings (SSSR count). The zero-order valence-electron chi connectivity index (χ0n) is 10.1. The maximum atomic E-state index is 11.6. The Kier molecular flexibility index (Phi) is 3.66. The van der Waals surface area contributed by atoms with Gasteiger partial charge in [-0.05, 0) is 12.8 Å². The molecule has 0 aromatic carbocycles. The molecule has 1 aliphatic rings. The number of aromatic carboxylic acids is 1. The Bertz CT molecular complexity index is 502. The van der Waals surface area contributed by atoms with E-state index in [0.717, 1.165) is 18.9 Å². The van der Waals surface area contributed by atoms with Gasteiger partial charge in [-0.15, -0.1) is 0 Å². The second-order valence-electron chi connectivity index (χ2n) is 4.15. The van der Waals surface area contributed by atoms with Crippen molar-refractivity contribution in [3.63, 3.8) is 0 Å². The van der Waals surface area contributed by atoms with E-state index in [-0.39, 0.29) is 17.5 Å². The first kappa shape index (κ1) is 12.6. The van der Waals surface area contributed by atoms with Crippen molar-refractivity contribution in [1.29, 1.82) is 0 Å². The first-order chi connectivity index (χ1) is 8.63. The van der Waals surface area contributed by atoms with Gasteiger partial charge in [0.25, 0.3) is 0 Å². The lowest BCUT2D eigenvalue weighted by Crippen LogP contribution is -2.26. The minimum atomic E-state index is -1.11. The molecule has 1 saturated heterocycles. The summed E-state index contributed by atoms with van der Waals surface area (Å²) in [4.78, 5) is 22.8. The number of nitrogens with zero attached hydrogens (tertiary/aromatic N) is 1.